The normalized spacial score (nSPS) is 10.9. The van der Waals surface area contributed by atoms with Gasteiger partial charge in [0, 0.05) is 22.5 Å². The number of fused-ring (bicyclic) bond motifs is 2. The second-order valence-corrected chi connectivity index (χ2v) is 6.64. The second-order valence-electron chi connectivity index (χ2n) is 6.64. The average Bonchev–Trinajstić information content (AvgIpc) is 2.80. The molecular formula is C24H16BN2O2. The van der Waals surface area contributed by atoms with Gasteiger partial charge in [0.05, 0.1) is 17.1 Å². The van der Waals surface area contributed by atoms with Crippen molar-refractivity contribution in [1.29, 1.82) is 0 Å². The molecule has 137 valence electrons. The van der Waals surface area contributed by atoms with Crippen molar-refractivity contribution in [1.82, 2.24) is 9.97 Å². The molecule has 5 rings (SSSR count). The highest BCUT2D eigenvalue weighted by Gasteiger charge is 2.17. The maximum Gasteiger partial charge on any atom is 0.569 e. The maximum atomic E-state index is 9.32. The van der Waals surface area contributed by atoms with Crippen LogP contribution in [0.2, 0.25) is 0 Å². The molecule has 0 atom stereocenters. The van der Waals surface area contributed by atoms with Crippen molar-refractivity contribution in [3.63, 3.8) is 0 Å². The Hall–Kier alpha value is -3.70. The van der Waals surface area contributed by atoms with E-state index in [2.05, 4.69) is 17.1 Å². The molecule has 0 amide bonds. The van der Waals surface area contributed by atoms with E-state index in [1.54, 1.807) is 6.20 Å². The Morgan fingerprint density at radius 3 is 1.83 bits per heavy atom. The van der Waals surface area contributed by atoms with Crippen LogP contribution in [-0.2, 0) is 0 Å². The standard InChI is InChI=1S/C24H16BN2O2/c28-25-29-24-18-10-3-1-8-16(18)23(17-9-2-4-11-19(17)24)22-14-7-13-21(27-22)20-12-5-6-15-26-20/h1-15,28H. The first-order valence-corrected chi connectivity index (χ1v) is 9.31. The summed E-state index contributed by atoms with van der Waals surface area (Å²) in [6.07, 6.45) is 1.77. The van der Waals surface area contributed by atoms with Crippen molar-refractivity contribution in [2.24, 2.45) is 0 Å². The first kappa shape index (κ1) is 17.4. The lowest BCUT2D eigenvalue weighted by molar-refractivity contribution is 0.459. The van der Waals surface area contributed by atoms with Gasteiger partial charge in [0.15, 0.2) is 0 Å². The molecule has 5 heteroatoms. The van der Waals surface area contributed by atoms with E-state index >= 15 is 0 Å². The highest BCUT2D eigenvalue weighted by molar-refractivity contribution is 6.22. The van der Waals surface area contributed by atoms with Crippen LogP contribution in [0.3, 0.4) is 0 Å². The lowest BCUT2D eigenvalue weighted by atomic mass is 9.93. The van der Waals surface area contributed by atoms with Crippen LogP contribution in [0.4, 0.5) is 0 Å². The van der Waals surface area contributed by atoms with Gasteiger partial charge in [0.2, 0.25) is 0 Å². The first-order chi connectivity index (χ1) is 14.4. The van der Waals surface area contributed by atoms with Gasteiger partial charge < -0.3 is 9.68 Å². The SMILES string of the molecule is O[B]Oc1c2ccccc2c(-c2cccc(-c3ccccn3)n2)c2ccccc12. The number of rotatable bonds is 4. The lowest BCUT2D eigenvalue weighted by Gasteiger charge is -2.16. The van der Waals surface area contributed by atoms with Crippen LogP contribution in [0, 0.1) is 0 Å². The van der Waals surface area contributed by atoms with Crippen molar-refractivity contribution >= 4 is 29.2 Å². The van der Waals surface area contributed by atoms with E-state index in [-0.39, 0.29) is 0 Å². The predicted octanol–water partition coefficient (Wildman–Crippen LogP) is 5.02. The zero-order valence-corrected chi connectivity index (χ0v) is 15.5. The molecule has 4 nitrogen and oxygen atoms in total. The third kappa shape index (κ3) is 3.02. The summed E-state index contributed by atoms with van der Waals surface area (Å²) in [6.45, 7) is 0. The maximum absolute atomic E-state index is 9.32. The highest BCUT2D eigenvalue weighted by Crippen LogP contribution is 2.42. The zero-order valence-electron chi connectivity index (χ0n) is 15.5. The minimum absolute atomic E-state index is 0.628. The minimum atomic E-state index is 0.628. The monoisotopic (exact) mass is 375 g/mol. The molecule has 1 radical (unpaired) electrons. The molecule has 0 aliphatic heterocycles. The van der Waals surface area contributed by atoms with E-state index in [1.165, 1.54) is 0 Å². The van der Waals surface area contributed by atoms with Gasteiger partial charge in [-0.25, -0.2) is 4.98 Å². The molecule has 29 heavy (non-hydrogen) atoms. The minimum Gasteiger partial charge on any atom is -0.537 e. The number of hydrogen-bond acceptors (Lipinski definition) is 4. The fraction of sp³-hybridized carbons (Fsp3) is 0. The van der Waals surface area contributed by atoms with E-state index in [1.807, 2.05) is 72.8 Å². The Labute approximate surface area is 168 Å². The number of aromatic nitrogens is 2. The number of benzene rings is 3. The molecule has 2 heterocycles. The molecule has 0 spiro atoms. The van der Waals surface area contributed by atoms with Crippen molar-refractivity contribution in [3.05, 3.63) is 91.1 Å². The third-order valence-corrected chi connectivity index (χ3v) is 4.99. The van der Waals surface area contributed by atoms with Crippen molar-refractivity contribution in [3.8, 4) is 28.4 Å². The largest absolute Gasteiger partial charge is 0.569 e. The van der Waals surface area contributed by atoms with E-state index in [0.717, 1.165) is 51.9 Å². The quantitative estimate of drug-likeness (QED) is 0.354. The Morgan fingerprint density at radius 1 is 0.621 bits per heavy atom. The number of hydrogen-bond donors (Lipinski definition) is 1. The summed E-state index contributed by atoms with van der Waals surface area (Å²) < 4.78 is 5.52. The molecule has 0 saturated heterocycles. The van der Waals surface area contributed by atoms with Gasteiger partial charge in [-0.2, -0.15) is 0 Å². The molecule has 0 fully saturated rings. The van der Waals surface area contributed by atoms with Crippen molar-refractivity contribution in [2.45, 2.75) is 0 Å². The van der Waals surface area contributed by atoms with Crippen LogP contribution in [-0.4, -0.2) is 22.7 Å². The average molecular weight is 375 g/mol. The van der Waals surface area contributed by atoms with Crippen LogP contribution < -0.4 is 4.65 Å². The van der Waals surface area contributed by atoms with Crippen LogP contribution in [0.15, 0.2) is 91.1 Å². The molecule has 0 unspecified atom stereocenters. The molecule has 0 aliphatic carbocycles. The van der Waals surface area contributed by atoms with E-state index < -0.39 is 0 Å². The molecule has 5 aromatic rings. The summed E-state index contributed by atoms with van der Waals surface area (Å²) in [4.78, 5) is 9.36. The van der Waals surface area contributed by atoms with E-state index in [0.29, 0.717) is 5.75 Å². The molecule has 1 N–H and O–H groups in total. The summed E-state index contributed by atoms with van der Waals surface area (Å²) >= 11 is 0. The molecule has 2 aromatic heterocycles. The predicted molar refractivity (Wildman–Crippen MR) is 117 cm³/mol. The van der Waals surface area contributed by atoms with Gasteiger partial charge in [-0.1, -0.05) is 60.7 Å². The van der Waals surface area contributed by atoms with Crippen molar-refractivity contribution < 1.29 is 9.68 Å². The fourth-order valence-electron chi connectivity index (χ4n) is 3.77. The highest BCUT2D eigenvalue weighted by atomic mass is 16.5. The smallest absolute Gasteiger partial charge is 0.537 e. The molecule has 0 bridgehead atoms. The summed E-state index contributed by atoms with van der Waals surface area (Å²) in [6, 6.07) is 27.8. The Balaban J connectivity index is 1.85. The van der Waals surface area contributed by atoms with Gasteiger partial charge in [-0.3, -0.25) is 4.98 Å². The van der Waals surface area contributed by atoms with Crippen LogP contribution in [0.25, 0.3) is 44.2 Å². The summed E-state index contributed by atoms with van der Waals surface area (Å²) in [7, 11) is 0.730. The van der Waals surface area contributed by atoms with E-state index in [9.17, 15) is 5.02 Å². The van der Waals surface area contributed by atoms with E-state index in [4.69, 9.17) is 9.64 Å². The van der Waals surface area contributed by atoms with Gasteiger partial charge in [0.25, 0.3) is 0 Å². The van der Waals surface area contributed by atoms with Crippen LogP contribution in [0.5, 0.6) is 5.75 Å². The van der Waals surface area contributed by atoms with Gasteiger partial charge in [0.1, 0.15) is 5.75 Å². The van der Waals surface area contributed by atoms with Crippen LogP contribution >= 0.6 is 0 Å². The van der Waals surface area contributed by atoms with Gasteiger partial charge in [-0.15, -0.1) is 0 Å². The molecular weight excluding hydrogens is 359 g/mol. The lowest BCUT2D eigenvalue weighted by Crippen LogP contribution is -2.02. The Morgan fingerprint density at radius 2 is 1.21 bits per heavy atom. The number of pyridine rings is 2. The first-order valence-electron chi connectivity index (χ1n) is 9.31. The van der Waals surface area contributed by atoms with Crippen molar-refractivity contribution in [2.75, 3.05) is 0 Å². The Bertz CT molecular complexity index is 1270. The molecule has 0 aliphatic rings. The third-order valence-electron chi connectivity index (χ3n) is 4.99. The topological polar surface area (TPSA) is 55.2 Å². The second kappa shape index (κ2) is 7.38. The molecule has 0 saturated carbocycles. The summed E-state index contributed by atoms with van der Waals surface area (Å²) in [5, 5.41) is 13.2. The summed E-state index contributed by atoms with van der Waals surface area (Å²) in [5.74, 6) is 0.628. The summed E-state index contributed by atoms with van der Waals surface area (Å²) in [5.41, 5.74) is 3.54. The molecule has 3 aromatic carbocycles. The van der Waals surface area contributed by atoms with Gasteiger partial charge >= 0.3 is 7.69 Å². The van der Waals surface area contributed by atoms with Crippen LogP contribution in [0.1, 0.15) is 0 Å². The Kier molecular flexibility index (Phi) is 4.43. The fourth-order valence-corrected chi connectivity index (χ4v) is 3.77. The van der Waals surface area contributed by atoms with Gasteiger partial charge in [-0.05, 0) is 35.0 Å². The number of nitrogens with zero attached hydrogens (tertiary/aromatic N) is 2. The zero-order chi connectivity index (χ0) is 19.6.